The van der Waals surface area contributed by atoms with Gasteiger partial charge in [-0.2, -0.15) is 0 Å². The first kappa shape index (κ1) is 23.1. The number of fused-ring (bicyclic) bond motifs is 6. The van der Waals surface area contributed by atoms with Gasteiger partial charge in [0.2, 0.25) is 0 Å². The molecule has 10 rings (SSSR count). The molecular weight excluding hydrogens is 639 g/mol. The Kier molecular flexibility index (Phi) is 5.50. The molecule has 2 aromatic heterocycles. The van der Waals surface area contributed by atoms with E-state index in [1.807, 2.05) is 78.9 Å². The zero-order valence-electron chi connectivity index (χ0n) is 34.1. The Bertz CT molecular complexity index is 3240. The first-order valence-electron chi connectivity index (χ1n) is 20.2. The summed E-state index contributed by atoms with van der Waals surface area (Å²) >= 11 is 1.03. The van der Waals surface area contributed by atoms with Gasteiger partial charge in [-0.15, -0.1) is 11.3 Å². The lowest BCUT2D eigenvalue weighted by molar-refractivity contribution is 0.669. The van der Waals surface area contributed by atoms with Crippen LogP contribution in [0.4, 0.5) is 17.1 Å². The monoisotopic (exact) mass is 676 g/mol. The summed E-state index contributed by atoms with van der Waals surface area (Å²) in [6, 6.07) is 47.2. The number of nitrogens with zero attached hydrogens (tertiary/aromatic N) is 1. The molecule has 0 saturated carbocycles. The Labute approximate surface area is 309 Å². The third-order valence-corrected chi connectivity index (χ3v) is 10.4. The Hall–Kier alpha value is -6.42. The molecule has 0 unspecified atom stereocenters. The number of para-hydroxylation sites is 1. The van der Waals surface area contributed by atoms with Crippen molar-refractivity contribution in [2.45, 2.75) is 0 Å². The van der Waals surface area contributed by atoms with Crippen molar-refractivity contribution < 1.29 is 14.0 Å². The zero-order valence-corrected chi connectivity index (χ0v) is 27.9. The van der Waals surface area contributed by atoms with Crippen molar-refractivity contribution in [3.8, 4) is 33.4 Å². The molecular formula is C48H31NOS. The Morgan fingerprint density at radius 1 is 0.471 bits per heavy atom. The maximum absolute atomic E-state index is 9.36. The normalized spacial score (nSPS) is 13.5. The van der Waals surface area contributed by atoms with Crippen LogP contribution in [-0.4, -0.2) is 0 Å². The van der Waals surface area contributed by atoms with Crippen LogP contribution in [0.2, 0.25) is 0 Å². The molecule has 0 aliphatic rings. The maximum atomic E-state index is 9.36. The van der Waals surface area contributed by atoms with Crippen LogP contribution in [0.3, 0.4) is 0 Å². The van der Waals surface area contributed by atoms with Gasteiger partial charge in [-0.25, -0.2) is 0 Å². The average Bonchev–Trinajstić information content (AvgIpc) is 3.87. The maximum Gasteiger partial charge on any atom is 0.160 e. The lowest BCUT2D eigenvalue weighted by atomic mass is 9.98. The minimum atomic E-state index is -0.392. The number of benzene rings is 8. The number of hydrogen-bond donors (Lipinski definition) is 0. The molecule has 10 aromatic rings. The van der Waals surface area contributed by atoms with E-state index in [9.17, 15) is 1.37 Å². The molecule has 8 aromatic carbocycles. The minimum absolute atomic E-state index is 0.0473. The molecule has 0 N–H and O–H groups in total. The summed E-state index contributed by atoms with van der Waals surface area (Å²) in [6.07, 6.45) is 0. The topological polar surface area (TPSA) is 16.4 Å². The Balaban J connectivity index is 1.17. The highest BCUT2D eigenvalue weighted by Crippen LogP contribution is 2.46. The second kappa shape index (κ2) is 12.2. The number of furan rings is 1. The zero-order chi connectivity index (χ0) is 39.8. The molecule has 0 spiro atoms. The first-order valence-corrected chi connectivity index (χ1v) is 17.5. The van der Waals surface area contributed by atoms with E-state index in [0.29, 0.717) is 10.3 Å². The molecule has 51 heavy (non-hydrogen) atoms. The van der Waals surface area contributed by atoms with E-state index in [1.54, 1.807) is 0 Å². The Morgan fingerprint density at radius 3 is 1.82 bits per heavy atom. The Morgan fingerprint density at radius 2 is 1.08 bits per heavy atom. The van der Waals surface area contributed by atoms with Gasteiger partial charge in [0.15, 0.2) is 5.58 Å². The lowest BCUT2D eigenvalue weighted by Crippen LogP contribution is -2.10. The van der Waals surface area contributed by atoms with Gasteiger partial charge in [0.25, 0.3) is 0 Å². The van der Waals surface area contributed by atoms with Crippen LogP contribution < -0.4 is 4.90 Å². The third kappa shape index (κ3) is 5.10. The molecule has 0 aliphatic carbocycles. The fraction of sp³-hybridized carbons (Fsp3) is 0. The minimum Gasteiger partial charge on any atom is -0.454 e. The molecule has 0 atom stereocenters. The molecule has 0 fully saturated rings. The van der Waals surface area contributed by atoms with E-state index in [1.165, 1.54) is 0 Å². The highest BCUT2D eigenvalue weighted by atomic mass is 32.1. The molecule has 0 aliphatic heterocycles. The summed E-state index contributed by atoms with van der Waals surface area (Å²) in [5.41, 5.74) is 9.08. The number of anilines is 3. The number of hydrogen-bond acceptors (Lipinski definition) is 3. The summed E-state index contributed by atoms with van der Waals surface area (Å²) in [5.74, 6) is 0. The van der Waals surface area contributed by atoms with Crippen LogP contribution in [0.1, 0.15) is 9.60 Å². The smallest absolute Gasteiger partial charge is 0.160 e. The van der Waals surface area contributed by atoms with Gasteiger partial charge in [0.1, 0.15) is 5.58 Å². The van der Waals surface area contributed by atoms with Crippen molar-refractivity contribution in [2.75, 3.05) is 4.90 Å². The van der Waals surface area contributed by atoms with Crippen molar-refractivity contribution in [3.05, 3.63) is 188 Å². The predicted octanol–water partition coefficient (Wildman–Crippen LogP) is 14.4. The van der Waals surface area contributed by atoms with E-state index in [2.05, 4.69) is 71.6 Å². The van der Waals surface area contributed by atoms with E-state index < -0.39 is 6.04 Å². The van der Waals surface area contributed by atoms with Gasteiger partial charge < -0.3 is 9.32 Å². The van der Waals surface area contributed by atoms with E-state index >= 15 is 0 Å². The summed E-state index contributed by atoms with van der Waals surface area (Å²) < 4.78 is 68.4. The second-order valence-corrected chi connectivity index (χ2v) is 13.4. The largest absolute Gasteiger partial charge is 0.454 e. The molecule has 2 nitrogen and oxygen atoms in total. The summed E-state index contributed by atoms with van der Waals surface area (Å²) in [4.78, 5) is 2.14. The molecule has 3 heteroatoms. The second-order valence-electron chi connectivity index (χ2n) is 12.4. The lowest BCUT2D eigenvalue weighted by Gasteiger charge is -2.26. The van der Waals surface area contributed by atoms with Crippen LogP contribution in [0.15, 0.2) is 192 Å². The van der Waals surface area contributed by atoms with Crippen LogP contribution in [0.5, 0.6) is 0 Å². The SMILES string of the molecule is [2H]c1c([2H])c([2H])c2c(sc3c([2H])c([2H])c(-c4ccc(N(c5ccc(-c6ccccc6)cc5)c5ccc(-c6ccccc6)c6c5oc5ccccc56)cc4)c([2H])c32)c1[2H]. The molecule has 0 saturated heterocycles. The van der Waals surface area contributed by atoms with E-state index in [-0.39, 0.29) is 57.3 Å². The highest BCUT2D eigenvalue weighted by molar-refractivity contribution is 7.25. The molecule has 0 radical (unpaired) electrons. The van der Waals surface area contributed by atoms with Crippen molar-refractivity contribution >= 4 is 70.5 Å². The van der Waals surface area contributed by atoms with Crippen molar-refractivity contribution in [2.24, 2.45) is 0 Å². The third-order valence-electron chi connectivity index (χ3n) is 9.36. The summed E-state index contributed by atoms with van der Waals surface area (Å²) in [6.45, 7) is 0. The number of rotatable bonds is 6. The summed E-state index contributed by atoms with van der Waals surface area (Å²) in [5, 5.41) is 2.47. The molecule has 2 heterocycles. The summed E-state index contributed by atoms with van der Waals surface area (Å²) in [7, 11) is 0. The fourth-order valence-corrected chi connectivity index (χ4v) is 7.85. The van der Waals surface area contributed by atoms with Crippen molar-refractivity contribution in [1.29, 1.82) is 0 Å². The van der Waals surface area contributed by atoms with Crippen molar-refractivity contribution in [1.82, 2.24) is 0 Å². The predicted molar refractivity (Wildman–Crippen MR) is 218 cm³/mol. The highest BCUT2D eigenvalue weighted by Gasteiger charge is 2.22. The van der Waals surface area contributed by atoms with Crippen molar-refractivity contribution in [3.63, 3.8) is 0 Å². The van der Waals surface area contributed by atoms with Crippen LogP contribution >= 0.6 is 11.3 Å². The van der Waals surface area contributed by atoms with Gasteiger partial charge in [0, 0.05) is 42.3 Å². The van der Waals surface area contributed by atoms with Gasteiger partial charge in [-0.3, -0.25) is 0 Å². The van der Waals surface area contributed by atoms with E-state index in [0.717, 1.165) is 72.6 Å². The standard InChI is InChI=1S/C48H31NOS/c1-3-11-32(12-4-1)33-19-24-37(25-20-33)49(38-26-21-34(22-27-38)36-23-30-46-42(31-36)40-15-8-10-18-45(40)51-46)43-29-28-39(35-13-5-2-6-14-35)47-41-16-7-9-17-44(41)50-48(43)47/h1-31H/i8D,10D,15D,18D,23D,30D,31D. The first-order chi connectivity index (χ1) is 28.2. The van der Waals surface area contributed by atoms with Gasteiger partial charge in [-0.1, -0.05) is 133 Å². The van der Waals surface area contributed by atoms with Gasteiger partial charge in [0.05, 0.1) is 15.3 Å². The quantitative estimate of drug-likeness (QED) is 0.174. The fourth-order valence-electron chi connectivity index (χ4n) is 6.93. The van der Waals surface area contributed by atoms with Gasteiger partial charge >= 0.3 is 0 Å². The molecule has 0 amide bonds. The van der Waals surface area contributed by atoms with Crippen LogP contribution in [0.25, 0.3) is 75.5 Å². The van der Waals surface area contributed by atoms with E-state index in [4.69, 9.17) is 12.6 Å². The number of thiophene rings is 1. The average molecular weight is 677 g/mol. The molecule has 0 bridgehead atoms. The van der Waals surface area contributed by atoms with Crippen LogP contribution in [-0.2, 0) is 0 Å². The van der Waals surface area contributed by atoms with Gasteiger partial charge in [-0.05, 0) is 87.9 Å². The van der Waals surface area contributed by atoms with Crippen LogP contribution in [0, 0.1) is 0 Å². The molecule has 240 valence electrons.